The first-order valence-electron chi connectivity index (χ1n) is 8.15. The number of carbonyl (C=O) groups is 1. The Bertz CT molecular complexity index is 736. The molecule has 2 rings (SSSR count). The minimum absolute atomic E-state index is 0.0143. The molecule has 1 heterocycles. The Labute approximate surface area is 156 Å². The first-order valence-corrected chi connectivity index (χ1v) is 10.7. The van der Waals surface area contributed by atoms with Crippen molar-refractivity contribution in [1.82, 2.24) is 9.62 Å². The van der Waals surface area contributed by atoms with E-state index in [1.165, 1.54) is 10.4 Å². The van der Waals surface area contributed by atoms with Crippen molar-refractivity contribution in [3.63, 3.8) is 0 Å². The molecule has 0 saturated carbocycles. The zero-order chi connectivity index (χ0) is 19.3. The van der Waals surface area contributed by atoms with Gasteiger partial charge < -0.3 is 10.1 Å². The lowest BCUT2D eigenvalue weighted by molar-refractivity contribution is -0.118. The molecule has 1 aromatic carbocycles. The van der Waals surface area contributed by atoms with E-state index in [-0.39, 0.29) is 36.2 Å². The normalized spacial score (nSPS) is 21.5. The summed E-state index contributed by atoms with van der Waals surface area (Å²) in [5, 5.41) is 2.53. The summed E-state index contributed by atoms with van der Waals surface area (Å²) in [6, 6.07) is 3.38. The molecule has 1 N–H and O–H groups in total. The number of halogens is 2. The van der Waals surface area contributed by atoms with Gasteiger partial charge in [-0.25, -0.2) is 17.2 Å². The Morgan fingerprint density at radius 1 is 1.27 bits per heavy atom. The standard InChI is InChI=1S/C16H22F2N2O4S2/c1-11-8-20(9-12(2)24-11)26(22,23)6-5-19-16(21)10-25-13-3-4-14(17)15(18)7-13/h3-4,7,11-12H,5-6,8-10H2,1-2H3,(H,19,21). The number of rotatable bonds is 7. The van der Waals surface area contributed by atoms with Gasteiger partial charge in [0.25, 0.3) is 0 Å². The van der Waals surface area contributed by atoms with Crippen molar-refractivity contribution in [1.29, 1.82) is 0 Å². The molecule has 1 aliphatic rings. The number of amides is 1. The van der Waals surface area contributed by atoms with Crippen LogP contribution >= 0.6 is 11.8 Å². The molecule has 1 saturated heterocycles. The number of hydrogen-bond donors (Lipinski definition) is 1. The second-order valence-electron chi connectivity index (χ2n) is 6.10. The van der Waals surface area contributed by atoms with Crippen LogP contribution in [0.25, 0.3) is 0 Å². The fourth-order valence-corrected chi connectivity index (χ4v) is 4.82. The van der Waals surface area contributed by atoms with Gasteiger partial charge >= 0.3 is 0 Å². The van der Waals surface area contributed by atoms with Crippen LogP contribution in [0.4, 0.5) is 8.78 Å². The van der Waals surface area contributed by atoms with Gasteiger partial charge in [0.05, 0.1) is 23.7 Å². The highest BCUT2D eigenvalue weighted by atomic mass is 32.2. The Balaban J connectivity index is 1.75. The highest BCUT2D eigenvalue weighted by Crippen LogP contribution is 2.20. The first kappa shape index (κ1) is 21.1. The third-order valence-electron chi connectivity index (χ3n) is 3.72. The summed E-state index contributed by atoms with van der Waals surface area (Å²) in [7, 11) is -3.48. The third kappa shape index (κ3) is 6.19. The maximum absolute atomic E-state index is 13.1. The molecule has 0 spiro atoms. The second-order valence-corrected chi connectivity index (χ2v) is 9.24. The quantitative estimate of drug-likeness (QED) is 0.694. The minimum Gasteiger partial charge on any atom is -0.373 e. The molecule has 0 radical (unpaired) electrons. The zero-order valence-electron chi connectivity index (χ0n) is 14.6. The average molecular weight is 408 g/mol. The van der Waals surface area contributed by atoms with Gasteiger partial charge in [-0.05, 0) is 32.0 Å². The Morgan fingerprint density at radius 2 is 1.92 bits per heavy atom. The van der Waals surface area contributed by atoms with Crippen LogP contribution in [0.3, 0.4) is 0 Å². The molecule has 0 aliphatic carbocycles. The van der Waals surface area contributed by atoms with E-state index in [9.17, 15) is 22.0 Å². The van der Waals surface area contributed by atoms with E-state index in [1.807, 2.05) is 13.8 Å². The van der Waals surface area contributed by atoms with Crippen molar-refractivity contribution < 1.29 is 26.7 Å². The predicted molar refractivity (Wildman–Crippen MR) is 95.5 cm³/mol. The largest absolute Gasteiger partial charge is 0.373 e. The molecule has 0 aromatic heterocycles. The molecule has 6 nitrogen and oxygen atoms in total. The molecule has 146 valence electrons. The van der Waals surface area contributed by atoms with Gasteiger partial charge in [-0.3, -0.25) is 4.79 Å². The second kappa shape index (κ2) is 9.12. The van der Waals surface area contributed by atoms with Crippen LogP contribution in [0, 0.1) is 11.6 Å². The molecule has 2 atom stereocenters. The topological polar surface area (TPSA) is 75.7 Å². The summed E-state index contributed by atoms with van der Waals surface area (Å²) in [5.74, 6) is -2.52. The zero-order valence-corrected chi connectivity index (χ0v) is 16.2. The molecule has 1 fully saturated rings. The summed E-state index contributed by atoms with van der Waals surface area (Å²) in [6.07, 6.45) is -0.341. The van der Waals surface area contributed by atoms with Crippen molar-refractivity contribution in [2.24, 2.45) is 0 Å². The number of sulfonamides is 1. The van der Waals surface area contributed by atoms with E-state index < -0.39 is 21.7 Å². The smallest absolute Gasteiger partial charge is 0.230 e. The number of nitrogens with one attached hydrogen (secondary N) is 1. The SMILES string of the molecule is CC1CN(S(=O)(=O)CCNC(=O)CSc2ccc(F)c(F)c2)CC(C)O1. The van der Waals surface area contributed by atoms with E-state index in [1.54, 1.807) is 0 Å². The van der Waals surface area contributed by atoms with Crippen LogP contribution in [0.15, 0.2) is 23.1 Å². The Kier molecular flexibility index (Phi) is 7.39. The lowest BCUT2D eigenvalue weighted by Gasteiger charge is -2.34. The number of thioether (sulfide) groups is 1. The maximum atomic E-state index is 13.1. The fourth-order valence-electron chi connectivity index (χ4n) is 2.57. The lowest BCUT2D eigenvalue weighted by Crippen LogP contribution is -2.49. The molecule has 1 aliphatic heterocycles. The number of nitrogens with zero attached hydrogens (tertiary/aromatic N) is 1. The van der Waals surface area contributed by atoms with Gasteiger partial charge in [0.15, 0.2) is 11.6 Å². The van der Waals surface area contributed by atoms with E-state index in [0.717, 1.165) is 23.9 Å². The van der Waals surface area contributed by atoms with Crippen LogP contribution in [-0.2, 0) is 19.6 Å². The molecule has 10 heteroatoms. The van der Waals surface area contributed by atoms with E-state index in [4.69, 9.17) is 4.74 Å². The Morgan fingerprint density at radius 3 is 2.54 bits per heavy atom. The van der Waals surface area contributed by atoms with Crippen LogP contribution in [0.5, 0.6) is 0 Å². The van der Waals surface area contributed by atoms with Crippen LogP contribution in [-0.4, -0.2) is 62.0 Å². The molecule has 2 unspecified atom stereocenters. The number of carbonyl (C=O) groups excluding carboxylic acids is 1. The van der Waals surface area contributed by atoms with Crippen molar-refractivity contribution >= 4 is 27.7 Å². The molecule has 26 heavy (non-hydrogen) atoms. The average Bonchev–Trinajstić information content (AvgIpc) is 2.55. The van der Waals surface area contributed by atoms with E-state index in [0.29, 0.717) is 18.0 Å². The number of morpholine rings is 1. The van der Waals surface area contributed by atoms with Crippen molar-refractivity contribution in [3.8, 4) is 0 Å². The fraction of sp³-hybridized carbons (Fsp3) is 0.562. The monoisotopic (exact) mass is 408 g/mol. The maximum Gasteiger partial charge on any atom is 0.230 e. The summed E-state index contributed by atoms with van der Waals surface area (Å²) in [6.45, 7) is 4.21. The van der Waals surface area contributed by atoms with E-state index >= 15 is 0 Å². The van der Waals surface area contributed by atoms with Gasteiger partial charge in [0.2, 0.25) is 15.9 Å². The van der Waals surface area contributed by atoms with Crippen LogP contribution < -0.4 is 5.32 Å². The van der Waals surface area contributed by atoms with Gasteiger partial charge in [-0.15, -0.1) is 11.8 Å². The third-order valence-corrected chi connectivity index (χ3v) is 6.52. The van der Waals surface area contributed by atoms with Crippen molar-refractivity contribution in [2.45, 2.75) is 31.0 Å². The van der Waals surface area contributed by atoms with Crippen molar-refractivity contribution in [2.75, 3.05) is 31.1 Å². The Hall–Kier alpha value is -1.23. The summed E-state index contributed by atoms with van der Waals surface area (Å²) in [5.41, 5.74) is 0. The summed E-state index contributed by atoms with van der Waals surface area (Å²) >= 11 is 1.04. The number of benzene rings is 1. The first-order chi connectivity index (χ1) is 12.2. The lowest BCUT2D eigenvalue weighted by atomic mass is 10.3. The molecule has 0 bridgehead atoms. The molecular weight excluding hydrogens is 386 g/mol. The minimum atomic E-state index is -3.48. The van der Waals surface area contributed by atoms with Gasteiger partial charge in [0.1, 0.15) is 0 Å². The number of ether oxygens (including phenoxy) is 1. The molecule has 1 amide bonds. The van der Waals surface area contributed by atoms with Gasteiger partial charge in [0, 0.05) is 24.5 Å². The number of hydrogen-bond acceptors (Lipinski definition) is 5. The summed E-state index contributed by atoms with van der Waals surface area (Å²) < 4.78 is 57.5. The van der Waals surface area contributed by atoms with Gasteiger partial charge in [-0.2, -0.15) is 4.31 Å². The van der Waals surface area contributed by atoms with E-state index in [2.05, 4.69) is 5.32 Å². The highest BCUT2D eigenvalue weighted by molar-refractivity contribution is 8.00. The molecular formula is C16H22F2N2O4S2. The van der Waals surface area contributed by atoms with Crippen molar-refractivity contribution in [3.05, 3.63) is 29.8 Å². The summed E-state index contributed by atoms with van der Waals surface area (Å²) in [4.78, 5) is 12.2. The molecule has 1 aromatic rings. The highest BCUT2D eigenvalue weighted by Gasteiger charge is 2.30. The predicted octanol–water partition coefficient (Wildman–Crippen LogP) is 1.61. The van der Waals surface area contributed by atoms with Crippen LogP contribution in [0.1, 0.15) is 13.8 Å². The van der Waals surface area contributed by atoms with Crippen LogP contribution in [0.2, 0.25) is 0 Å². The van der Waals surface area contributed by atoms with Gasteiger partial charge in [-0.1, -0.05) is 0 Å².